The molecule has 0 unspecified atom stereocenters. The van der Waals surface area contributed by atoms with Crippen LogP contribution in [0.25, 0.3) is 0 Å². The second kappa shape index (κ2) is 11.1. The van der Waals surface area contributed by atoms with Gasteiger partial charge in [0.2, 0.25) is 0 Å². The minimum absolute atomic E-state index is 0.419. The van der Waals surface area contributed by atoms with E-state index in [4.69, 9.17) is 21.7 Å². The average molecular weight is 434 g/mol. The van der Waals surface area contributed by atoms with Crippen molar-refractivity contribution in [2.24, 2.45) is 5.10 Å². The van der Waals surface area contributed by atoms with E-state index in [2.05, 4.69) is 41.8 Å². The molecule has 0 spiro atoms. The van der Waals surface area contributed by atoms with Gasteiger partial charge in [0, 0.05) is 5.69 Å². The summed E-state index contributed by atoms with van der Waals surface area (Å²) in [6.07, 6.45) is 1.69. The molecule has 0 aliphatic heterocycles. The van der Waals surface area contributed by atoms with Crippen molar-refractivity contribution in [2.45, 2.75) is 26.4 Å². The molecule has 0 aliphatic rings. The molecule has 0 heterocycles. The van der Waals surface area contributed by atoms with Gasteiger partial charge < -0.3 is 14.8 Å². The van der Waals surface area contributed by atoms with Crippen molar-refractivity contribution in [3.05, 3.63) is 89.5 Å². The number of nitrogens with one attached hydrogen (secondary N) is 2. The highest BCUT2D eigenvalue weighted by Crippen LogP contribution is 2.28. The number of benzene rings is 3. The number of anilines is 1. The van der Waals surface area contributed by atoms with Gasteiger partial charge in [0.05, 0.1) is 13.3 Å². The van der Waals surface area contributed by atoms with Gasteiger partial charge in [-0.3, -0.25) is 5.43 Å². The van der Waals surface area contributed by atoms with E-state index < -0.39 is 0 Å². The second-order valence-corrected chi connectivity index (χ2v) is 7.69. The molecule has 0 amide bonds. The lowest BCUT2D eigenvalue weighted by Gasteiger charge is -2.11. The first-order chi connectivity index (χ1) is 15.0. The van der Waals surface area contributed by atoms with E-state index in [9.17, 15) is 0 Å². The summed E-state index contributed by atoms with van der Waals surface area (Å²) >= 11 is 5.32. The SMILES string of the molecule is COc1ccc(/C=N/NC(=S)Nc2ccc(C(C)C)cc2)cc1OCc1ccccc1. The van der Waals surface area contributed by atoms with Crippen LogP contribution in [-0.4, -0.2) is 18.4 Å². The standard InChI is InChI=1S/C25H27N3O2S/c1-18(2)21-10-12-22(13-11-21)27-25(31)28-26-16-20-9-14-23(29-3)24(15-20)30-17-19-7-5-4-6-8-19/h4-16,18H,17H2,1-3H3,(H2,27,28,31)/b26-16+. The van der Waals surface area contributed by atoms with E-state index in [-0.39, 0.29) is 0 Å². The zero-order valence-corrected chi connectivity index (χ0v) is 18.8. The van der Waals surface area contributed by atoms with Gasteiger partial charge >= 0.3 is 0 Å². The number of hydrogen-bond donors (Lipinski definition) is 2. The zero-order valence-electron chi connectivity index (χ0n) is 18.0. The summed E-state index contributed by atoms with van der Waals surface area (Å²) in [5.74, 6) is 1.82. The van der Waals surface area contributed by atoms with Gasteiger partial charge in [-0.1, -0.05) is 56.3 Å². The van der Waals surface area contributed by atoms with Gasteiger partial charge in [-0.15, -0.1) is 0 Å². The fraction of sp³-hybridized carbons (Fsp3) is 0.200. The summed E-state index contributed by atoms with van der Waals surface area (Å²) in [5, 5.41) is 7.77. The number of nitrogens with zero attached hydrogens (tertiary/aromatic N) is 1. The summed E-state index contributed by atoms with van der Waals surface area (Å²) in [4.78, 5) is 0. The fourth-order valence-electron chi connectivity index (χ4n) is 2.90. The van der Waals surface area contributed by atoms with Gasteiger partial charge in [0.1, 0.15) is 6.61 Å². The number of ether oxygens (including phenoxy) is 2. The number of hydrazone groups is 1. The maximum Gasteiger partial charge on any atom is 0.191 e. The maximum atomic E-state index is 5.94. The van der Waals surface area contributed by atoms with Crippen molar-refractivity contribution in [3.8, 4) is 11.5 Å². The lowest BCUT2D eigenvalue weighted by atomic mass is 10.0. The molecule has 31 heavy (non-hydrogen) atoms. The van der Waals surface area contributed by atoms with Gasteiger partial charge in [0.15, 0.2) is 16.6 Å². The highest BCUT2D eigenvalue weighted by Gasteiger charge is 2.06. The first-order valence-electron chi connectivity index (χ1n) is 10.1. The molecule has 6 heteroatoms. The van der Waals surface area contributed by atoms with Gasteiger partial charge in [-0.25, -0.2) is 0 Å². The van der Waals surface area contributed by atoms with Crippen molar-refractivity contribution >= 4 is 29.2 Å². The molecular formula is C25H27N3O2S. The molecule has 3 aromatic rings. The van der Waals surface area contributed by atoms with Crippen LogP contribution in [0.5, 0.6) is 11.5 Å². The Labute approximate surface area is 189 Å². The molecule has 0 bridgehead atoms. The molecule has 3 aromatic carbocycles. The molecule has 0 radical (unpaired) electrons. The summed E-state index contributed by atoms with van der Waals surface area (Å²) in [6, 6.07) is 23.8. The van der Waals surface area contributed by atoms with E-state index in [1.807, 2.05) is 60.7 Å². The van der Waals surface area contributed by atoms with E-state index in [0.717, 1.165) is 16.8 Å². The Bertz CT molecular complexity index is 1020. The van der Waals surface area contributed by atoms with Gasteiger partial charge in [0.25, 0.3) is 0 Å². The summed E-state index contributed by atoms with van der Waals surface area (Å²) < 4.78 is 11.3. The van der Waals surface area contributed by atoms with Crippen LogP contribution < -0.4 is 20.2 Å². The monoisotopic (exact) mass is 433 g/mol. The second-order valence-electron chi connectivity index (χ2n) is 7.29. The molecular weight excluding hydrogens is 406 g/mol. The highest BCUT2D eigenvalue weighted by molar-refractivity contribution is 7.80. The van der Waals surface area contributed by atoms with Crippen LogP contribution in [0.3, 0.4) is 0 Å². The van der Waals surface area contributed by atoms with Crippen molar-refractivity contribution < 1.29 is 9.47 Å². The minimum Gasteiger partial charge on any atom is -0.493 e. The third kappa shape index (κ3) is 6.83. The van der Waals surface area contributed by atoms with Crippen LogP contribution in [0.2, 0.25) is 0 Å². The molecule has 0 saturated carbocycles. The molecule has 0 fully saturated rings. The van der Waals surface area contributed by atoms with Crippen LogP contribution in [0.15, 0.2) is 77.9 Å². The Morgan fingerprint density at radius 2 is 1.74 bits per heavy atom. The molecule has 0 atom stereocenters. The Kier molecular flexibility index (Phi) is 8.01. The van der Waals surface area contributed by atoms with Crippen molar-refractivity contribution in [1.29, 1.82) is 0 Å². The zero-order chi connectivity index (χ0) is 22.1. The average Bonchev–Trinajstić information content (AvgIpc) is 2.79. The van der Waals surface area contributed by atoms with E-state index in [0.29, 0.717) is 29.1 Å². The minimum atomic E-state index is 0.419. The molecule has 5 nitrogen and oxygen atoms in total. The molecule has 3 rings (SSSR count). The first-order valence-corrected chi connectivity index (χ1v) is 10.5. The quantitative estimate of drug-likeness (QED) is 0.270. The van der Waals surface area contributed by atoms with E-state index >= 15 is 0 Å². The lowest BCUT2D eigenvalue weighted by molar-refractivity contribution is 0.284. The number of rotatable bonds is 8. The van der Waals surface area contributed by atoms with Crippen molar-refractivity contribution in [2.75, 3.05) is 12.4 Å². The Balaban J connectivity index is 1.57. The van der Waals surface area contributed by atoms with E-state index in [1.165, 1.54) is 5.56 Å². The van der Waals surface area contributed by atoms with Crippen LogP contribution >= 0.6 is 12.2 Å². The summed E-state index contributed by atoms with van der Waals surface area (Å²) in [5.41, 5.74) is 6.99. The molecule has 0 saturated heterocycles. The predicted octanol–water partition coefficient (Wildman–Crippen LogP) is 5.72. The Morgan fingerprint density at radius 1 is 1.00 bits per heavy atom. The topological polar surface area (TPSA) is 54.9 Å². The molecule has 160 valence electrons. The smallest absolute Gasteiger partial charge is 0.191 e. The summed E-state index contributed by atoms with van der Waals surface area (Å²) in [7, 11) is 1.62. The Morgan fingerprint density at radius 3 is 2.42 bits per heavy atom. The third-order valence-corrected chi connectivity index (χ3v) is 4.83. The largest absolute Gasteiger partial charge is 0.493 e. The molecule has 2 N–H and O–H groups in total. The summed E-state index contributed by atoms with van der Waals surface area (Å²) in [6.45, 7) is 4.79. The van der Waals surface area contributed by atoms with Gasteiger partial charge in [-0.05, 0) is 65.2 Å². The first kappa shape index (κ1) is 22.3. The van der Waals surface area contributed by atoms with Crippen LogP contribution in [0, 0.1) is 0 Å². The van der Waals surface area contributed by atoms with Crippen LogP contribution in [0.1, 0.15) is 36.5 Å². The van der Waals surface area contributed by atoms with Crippen molar-refractivity contribution in [1.82, 2.24) is 5.43 Å². The fourth-order valence-corrected chi connectivity index (χ4v) is 3.07. The maximum absolute atomic E-state index is 5.94. The van der Waals surface area contributed by atoms with Crippen LogP contribution in [0.4, 0.5) is 5.69 Å². The number of hydrogen-bond acceptors (Lipinski definition) is 4. The normalized spacial score (nSPS) is 10.8. The van der Waals surface area contributed by atoms with Crippen molar-refractivity contribution in [3.63, 3.8) is 0 Å². The molecule has 0 aromatic heterocycles. The third-order valence-electron chi connectivity index (χ3n) is 4.64. The predicted molar refractivity (Wildman–Crippen MR) is 131 cm³/mol. The lowest BCUT2D eigenvalue weighted by Crippen LogP contribution is -2.23. The highest BCUT2D eigenvalue weighted by atomic mass is 32.1. The molecule has 0 aliphatic carbocycles. The van der Waals surface area contributed by atoms with Crippen LogP contribution in [-0.2, 0) is 6.61 Å². The van der Waals surface area contributed by atoms with Gasteiger partial charge in [-0.2, -0.15) is 5.10 Å². The number of thiocarbonyl (C=S) groups is 1. The van der Waals surface area contributed by atoms with E-state index in [1.54, 1.807) is 13.3 Å². The number of methoxy groups -OCH3 is 1. The Hall–Kier alpha value is -3.38.